The maximum Gasteiger partial charge on any atom is 0.435 e. The molecule has 0 radical (unpaired) electrons. The van der Waals surface area contributed by atoms with Gasteiger partial charge in [0.2, 0.25) is 0 Å². The SMILES string of the molecule is Cc1cc(Cl)ccc1C(F)(C(F)(F)F)C(F)(F)F. The molecular weight excluding hydrogens is 289 g/mol. The molecule has 18 heavy (non-hydrogen) atoms. The molecule has 0 aromatic heterocycles. The predicted octanol–water partition coefficient (Wildman–Crippen LogP) is 4.94. The maximum absolute atomic E-state index is 13.6. The van der Waals surface area contributed by atoms with Crippen molar-refractivity contribution in [2.75, 3.05) is 0 Å². The van der Waals surface area contributed by atoms with Crippen molar-refractivity contribution >= 4 is 11.6 Å². The average molecular weight is 295 g/mol. The van der Waals surface area contributed by atoms with Gasteiger partial charge in [-0.25, -0.2) is 4.39 Å². The van der Waals surface area contributed by atoms with Crippen LogP contribution in [0, 0.1) is 6.92 Å². The highest BCUT2D eigenvalue weighted by Gasteiger charge is 2.73. The van der Waals surface area contributed by atoms with Crippen LogP contribution in [0.15, 0.2) is 18.2 Å². The average Bonchev–Trinajstić information content (AvgIpc) is 2.12. The summed E-state index contributed by atoms with van der Waals surface area (Å²) in [6, 6.07) is 2.00. The molecule has 8 heteroatoms. The Morgan fingerprint density at radius 3 is 1.67 bits per heavy atom. The first-order valence-electron chi connectivity index (χ1n) is 4.50. The highest BCUT2D eigenvalue weighted by Crippen LogP contribution is 2.54. The van der Waals surface area contributed by atoms with Gasteiger partial charge < -0.3 is 0 Å². The Morgan fingerprint density at radius 2 is 1.33 bits per heavy atom. The molecule has 0 fully saturated rings. The number of hydrogen-bond donors (Lipinski definition) is 0. The molecule has 0 N–H and O–H groups in total. The quantitative estimate of drug-likeness (QED) is 0.644. The lowest BCUT2D eigenvalue weighted by atomic mass is 9.90. The van der Waals surface area contributed by atoms with Gasteiger partial charge >= 0.3 is 18.0 Å². The Labute approximate surface area is 102 Å². The van der Waals surface area contributed by atoms with Crippen LogP contribution in [-0.2, 0) is 5.67 Å². The minimum atomic E-state index is -6.11. The summed E-state index contributed by atoms with van der Waals surface area (Å²) in [5.41, 5.74) is -7.44. The van der Waals surface area contributed by atoms with E-state index in [0.717, 1.165) is 19.1 Å². The van der Waals surface area contributed by atoms with Gasteiger partial charge in [-0.2, -0.15) is 26.3 Å². The zero-order chi connectivity index (χ0) is 14.4. The second kappa shape index (κ2) is 4.29. The molecule has 0 heterocycles. The molecule has 0 nitrogen and oxygen atoms in total. The first-order valence-corrected chi connectivity index (χ1v) is 4.88. The predicted molar refractivity (Wildman–Crippen MR) is 51.1 cm³/mol. The molecular formula is C10H6ClF7. The lowest BCUT2D eigenvalue weighted by Gasteiger charge is -2.31. The second-order valence-corrected chi connectivity index (χ2v) is 4.05. The van der Waals surface area contributed by atoms with E-state index >= 15 is 0 Å². The zero-order valence-electron chi connectivity index (χ0n) is 8.76. The molecule has 0 aliphatic carbocycles. The maximum atomic E-state index is 13.6. The van der Waals surface area contributed by atoms with E-state index in [2.05, 4.69) is 0 Å². The van der Waals surface area contributed by atoms with Crippen molar-refractivity contribution in [1.82, 2.24) is 0 Å². The molecule has 1 aromatic rings. The number of hydrogen-bond acceptors (Lipinski definition) is 0. The molecule has 0 aliphatic rings. The summed E-state index contributed by atoms with van der Waals surface area (Å²) in [5.74, 6) is 0. The topological polar surface area (TPSA) is 0 Å². The fraction of sp³-hybridized carbons (Fsp3) is 0.400. The number of halogens is 8. The van der Waals surface area contributed by atoms with Crippen molar-refractivity contribution in [2.45, 2.75) is 24.9 Å². The van der Waals surface area contributed by atoms with Gasteiger partial charge in [0.05, 0.1) is 0 Å². The third kappa shape index (κ3) is 2.28. The molecule has 0 spiro atoms. The van der Waals surface area contributed by atoms with Crippen molar-refractivity contribution in [2.24, 2.45) is 0 Å². The Bertz CT molecular complexity index is 433. The summed E-state index contributed by atoms with van der Waals surface area (Å²) in [6.45, 7) is 0.924. The summed E-state index contributed by atoms with van der Waals surface area (Å²) in [5, 5.41) is -0.0806. The third-order valence-corrected chi connectivity index (χ3v) is 2.58. The molecule has 0 atom stereocenters. The largest absolute Gasteiger partial charge is 0.435 e. The van der Waals surface area contributed by atoms with E-state index in [9.17, 15) is 30.7 Å². The van der Waals surface area contributed by atoms with Gasteiger partial charge in [-0.3, -0.25) is 0 Å². The summed E-state index contributed by atoms with van der Waals surface area (Å²) in [7, 11) is 0. The van der Waals surface area contributed by atoms with Crippen LogP contribution in [0.3, 0.4) is 0 Å². The van der Waals surface area contributed by atoms with Crippen molar-refractivity contribution in [3.8, 4) is 0 Å². The Kier molecular flexibility index (Phi) is 3.60. The molecule has 0 bridgehead atoms. The Hall–Kier alpha value is -0.980. The van der Waals surface area contributed by atoms with Gasteiger partial charge in [-0.1, -0.05) is 17.7 Å². The molecule has 0 unspecified atom stereocenters. The van der Waals surface area contributed by atoms with Crippen LogP contribution in [0.1, 0.15) is 11.1 Å². The first-order chi connectivity index (χ1) is 7.91. The summed E-state index contributed by atoms with van der Waals surface area (Å²) >= 11 is 5.41. The number of benzene rings is 1. The molecule has 0 aliphatic heterocycles. The first kappa shape index (κ1) is 15.1. The molecule has 1 aromatic carbocycles. The molecule has 102 valence electrons. The number of alkyl halides is 7. The van der Waals surface area contributed by atoms with E-state index in [0.29, 0.717) is 6.07 Å². The van der Waals surface area contributed by atoms with E-state index in [-0.39, 0.29) is 5.02 Å². The number of rotatable bonds is 1. The van der Waals surface area contributed by atoms with Crippen LogP contribution >= 0.6 is 11.6 Å². The fourth-order valence-electron chi connectivity index (χ4n) is 1.48. The smallest absolute Gasteiger partial charge is 0.218 e. The van der Waals surface area contributed by atoms with Crippen molar-refractivity contribution in [3.63, 3.8) is 0 Å². The van der Waals surface area contributed by atoms with Crippen molar-refractivity contribution in [1.29, 1.82) is 0 Å². The van der Waals surface area contributed by atoms with Gasteiger partial charge in [0.25, 0.3) is 0 Å². The van der Waals surface area contributed by atoms with Crippen LogP contribution in [0.2, 0.25) is 5.02 Å². The van der Waals surface area contributed by atoms with Crippen LogP contribution in [0.4, 0.5) is 30.7 Å². The van der Waals surface area contributed by atoms with Gasteiger partial charge in [0.1, 0.15) is 0 Å². The van der Waals surface area contributed by atoms with E-state index in [4.69, 9.17) is 11.6 Å². The zero-order valence-corrected chi connectivity index (χ0v) is 9.51. The lowest BCUT2D eigenvalue weighted by molar-refractivity contribution is -0.348. The van der Waals surface area contributed by atoms with Crippen molar-refractivity contribution in [3.05, 3.63) is 34.3 Å². The highest BCUT2D eigenvalue weighted by molar-refractivity contribution is 6.30. The normalized spacial score (nSPS) is 13.8. The van der Waals surface area contributed by atoms with Crippen LogP contribution in [-0.4, -0.2) is 12.4 Å². The third-order valence-electron chi connectivity index (χ3n) is 2.34. The molecule has 0 saturated heterocycles. The Morgan fingerprint density at radius 1 is 0.889 bits per heavy atom. The van der Waals surface area contributed by atoms with E-state index in [1.165, 1.54) is 0 Å². The van der Waals surface area contributed by atoms with Crippen LogP contribution in [0.5, 0.6) is 0 Å². The van der Waals surface area contributed by atoms with Crippen LogP contribution < -0.4 is 0 Å². The Balaban J connectivity index is 3.56. The van der Waals surface area contributed by atoms with E-state index in [1.807, 2.05) is 0 Å². The van der Waals surface area contributed by atoms with Gasteiger partial charge in [0, 0.05) is 10.6 Å². The molecule has 0 saturated carbocycles. The highest BCUT2D eigenvalue weighted by atomic mass is 35.5. The minimum Gasteiger partial charge on any atom is -0.218 e. The van der Waals surface area contributed by atoms with Gasteiger partial charge in [-0.15, -0.1) is 0 Å². The van der Waals surface area contributed by atoms with Gasteiger partial charge in [-0.05, 0) is 24.6 Å². The second-order valence-electron chi connectivity index (χ2n) is 3.61. The van der Waals surface area contributed by atoms with Crippen LogP contribution in [0.25, 0.3) is 0 Å². The molecule has 1 rings (SSSR count). The number of aryl methyl sites for hydroxylation is 1. The molecule has 0 amide bonds. The monoisotopic (exact) mass is 294 g/mol. The van der Waals surface area contributed by atoms with E-state index in [1.54, 1.807) is 0 Å². The van der Waals surface area contributed by atoms with Crippen molar-refractivity contribution < 1.29 is 30.7 Å². The van der Waals surface area contributed by atoms with E-state index < -0.39 is 29.1 Å². The van der Waals surface area contributed by atoms with Gasteiger partial charge in [0.15, 0.2) is 0 Å². The summed E-state index contributed by atoms with van der Waals surface area (Å²) in [6.07, 6.45) is -12.2. The standard InChI is InChI=1S/C10H6ClF7/c1-5-4-6(11)2-3-7(5)8(12,9(13,14)15)10(16,17)18/h2-4H,1H3. The minimum absolute atomic E-state index is 0.0806. The summed E-state index contributed by atoms with van der Waals surface area (Å²) in [4.78, 5) is 0. The fourth-order valence-corrected chi connectivity index (χ4v) is 1.71. The summed E-state index contributed by atoms with van der Waals surface area (Å²) < 4.78 is 88.3. The lowest BCUT2D eigenvalue weighted by Crippen LogP contribution is -2.50.